The highest BCUT2D eigenvalue weighted by Crippen LogP contribution is 2.17. The van der Waals surface area contributed by atoms with Crippen LogP contribution in [0.25, 0.3) is 0 Å². The SMILES string of the molecule is CS(=O)(=O)c1nccn1Cc1cc(Cl)ccc1F. The Morgan fingerprint density at radius 3 is 2.83 bits per heavy atom. The molecule has 0 fully saturated rings. The Hall–Kier alpha value is -1.40. The molecule has 7 heteroatoms. The van der Waals surface area contributed by atoms with Crippen LogP contribution in [-0.2, 0) is 16.4 Å². The molecule has 2 rings (SSSR count). The van der Waals surface area contributed by atoms with Crippen LogP contribution in [0.3, 0.4) is 0 Å². The van der Waals surface area contributed by atoms with Gasteiger partial charge in [0.25, 0.3) is 0 Å². The molecular formula is C11H10ClFN2O2S. The number of imidazole rings is 1. The van der Waals surface area contributed by atoms with E-state index in [0.717, 1.165) is 6.26 Å². The lowest BCUT2D eigenvalue weighted by Gasteiger charge is -2.07. The smallest absolute Gasteiger partial charge is 0.227 e. The van der Waals surface area contributed by atoms with Crippen molar-refractivity contribution in [1.82, 2.24) is 9.55 Å². The summed E-state index contributed by atoms with van der Waals surface area (Å²) in [6.07, 6.45) is 3.90. The predicted octanol–water partition coefficient (Wildman–Crippen LogP) is 2.13. The van der Waals surface area contributed by atoms with E-state index >= 15 is 0 Å². The molecule has 0 atom stereocenters. The van der Waals surface area contributed by atoms with Gasteiger partial charge in [0, 0.05) is 29.2 Å². The van der Waals surface area contributed by atoms with E-state index < -0.39 is 15.7 Å². The molecular weight excluding hydrogens is 279 g/mol. The average Bonchev–Trinajstić information content (AvgIpc) is 2.71. The molecule has 0 saturated carbocycles. The van der Waals surface area contributed by atoms with Crippen LogP contribution in [0, 0.1) is 5.82 Å². The van der Waals surface area contributed by atoms with E-state index in [1.54, 1.807) is 0 Å². The monoisotopic (exact) mass is 288 g/mol. The van der Waals surface area contributed by atoms with Gasteiger partial charge in [-0.05, 0) is 18.2 Å². The first-order valence-corrected chi connectivity index (χ1v) is 7.30. The summed E-state index contributed by atoms with van der Waals surface area (Å²) < 4.78 is 37.8. The Morgan fingerprint density at radius 2 is 2.17 bits per heavy atom. The highest BCUT2D eigenvalue weighted by Gasteiger charge is 2.15. The first kappa shape index (κ1) is 13.0. The summed E-state index contributed by atoms with van der Waals surface area (Å²) in [5, 5.41) is 0.300. The Balaban J connectivity index is 2.41. The number of aromatic nitrogens is 2. The zero-order chi connectivity index (χ0) is 13.3. The number of benzene rings is 1. The van der Waals surface area contributed by atoms with E-state index in [9.17, 15) is 12.8 Å². The minimum absolute atomic E-state index is 0.0643. The molecule has 0 unspecified atom stereocenters. The van der Waals surface area contributed by atoms with Crippen LogP contribution in [0.15, 0.2) is 35.7 Å². The summed E-state index contributed by atoms with van der Waals surface area (Å²) in [5.41, 5.74) is 0.311. The molecule has 0 bridgehead atoms. The standard InChI is InChI=1S/C11H10ClFN2O2S/c1-18(16,17)11-14-4-5-15(11)7-8-6-9(12)2-3-10(8)13/h2-6H,7H2,1H3. The number of halogens is 2. The highest BCUT2D eigenvalue weighted by molar-refractivity contribution is 7.90. The van der Waals surface area contributed by atoms with Crippen molar-refractivity contribution >= 4 is 21.4 Å². The summed E-state index contributed by atoms with van der Waals surface area (Å²) in [6, 6.07) is 4.14. The molecule has 0 N–H and O–H groups in total. The Labute approximate surface area is 109 Å². The van der Waals surface area contributed by atoms with Gasteiger partial charge in [0.15, 0.2) is 0 Å². The van der Waals surface area contributed by atoms with Gasteiger partial charge < -0.3 is 4.57 Å². The lowest BCUT2D eigenvalue weighted by molar-refractivity contribution is 0.565. The fourth-order valence-corrected chi connectivity index (χ4v) is 2.59. The van der Waals surface area contributed by atoms with E-state index in [1.807, 2.05) is 0 Å². The molecule has 0 aliphatic carbocycles. The van der Waals surface area contributed by atoms with Gasteiger partial charge in [-0.25, -0.2) is 17.8 Å². The second-order valence-electron chi connectivity index (χ2n) is 3.85. The van der Waals surface area contributed by atoms with Gasteiger partial charge in [0.05, 0.1) is 6.54 Å². The molecule has 0 saturated heterocycles. The summed E-state index contributed by atoms with van der Waals surface area (Å²) in [6.45, 7) is 0.0643. The number of hydrogen-bond donors (Lipinski definition) is 0. The summed E-state index contributed by atoms with van der Waals surface area (Å²) >= 11 is 5.78. The Bertz CT molecular complexity index is 682. The second kappa shape index (κ2) is 4.70. The third kappa shape index (κ3) is 2.70. The molecule has 96 valence electrons. The van der Waals surface area contributed by atoms with E-state index in [-0.39, 0.29) is 11.7 Å². The van der Waals surface area contributed by atoms with Gasteiger partial charge in [-0.2, -0.15) is 0 Å². The second-order valence-corrected chi connectivity index (χ2v) is 6.19. The molecule has 0 radical (unpaired) electrons. The van der Waals surface area contributed by atoms with Crippen LogP contribution in [0.1, 0.15) is 5.56 Å². The predicted molar refractivity (Wildman–Crippen MR) is 65.8 cm³/mol. The lowest BCUT2D eigenvalue weighted by atomic mass is 10.2. The van der Waals surface area contributed by atoms with E-state index in [1.165, 1.54) is 35.2 Å². The van der Waals surface area contributed by atoms with Gasteiger partial charge >= 0.3 is 0 Å². The molecule has 2 aromatic rings. The minimum Gasteiger partial charge on any atom is -0.317 e. The number of hydrogen-bond acceptors (Lipinski definition) is 3. The normalized spacial score (nSPS) is 11.7. The maximum atomic E-state index is 13.5. The van der Waals surface area contributed by atoms with Crippen LogP contribution in [0.5, 0.6) is 0 Å². The molecule has 1 aromatic carbocycles. The fraction of sp³-hybridized carbons (Fsp3) is 0.182. The first-order chi connectivity index (χ1) is 8.38. The van der Waals surface area contributed by atoms with Crippen molar-refractivity contribution in [3.05, 3.63) is 47.0 Å². The molecule has 0 aliphatic heterocycles. The van der Waals surface area contributed by atoms with Gasteiger partial charge in [0.1, 0.15) is 5.82 Å². The van der Waals surface area contributed by atoms with Crippen molar-refractivity contribution in [3.63, 3.8) is 0 Å². The van der Waals surface area contributed by atoms with Crippen molar-refractivity contribution in [1.29, 1.82) is 0 Å². The number of sulfone groups is 1. The summed E-state index contributed by atoms with van der Waals surface area (Å²) in [7, 11) is -3.44. The molecule has 1 aromatic heterocycles. The largest absolute Gasteiger partial charge is 0.317 e. The lowest BCUT2D eigenvalue weighted by Crippen LogP contribution is -2.10. The molecule has 18 heavy (non-hydrogen) atoms. The van der Waals surface area contributed by atoms with Gasteiger partial charge in [0.2, 0.25) is 15.0 Å². The van der Waals surface area contributed by atoms with Gasteiger partial charge in [-0.1, -0.05) is 11.6 Å². The third-order valence-electron chi connectivity index (χ3n) is 2.36. The molecule has 1 heterocycles. The van der Waals surface area contributed by atoms with E-state index in [4.69, 9.17) is 11.6 Å². The van der Waals surface area contributed by atoms with Crippen molar-refractivity contribution in [2.75, 3.05) is 6.26 Å². The maximum absolute atomic E-state index is 13.5. The summed E-state index contributed by atoms with van der Waals surface area (Å²) in [4.78, 5) is 3.76. The molecule has 0 spiro atoms. The molecule has 0 amide bonds. The van der Waals surface area contributed by atoms with Crippen LogP contribution in [0.4, 0.5) is 4.39 Å². The average molecular weight is 289 g/mol. The van der Waals surface area contributed by atoms with Crippen LogP contribution < -0.4 is 0 Å². The molecule has 0 aliphatic rings. The summed E-state index contributed by atoms with van der Waals surface area (Å²) in [5.74, 6) is -0.437. The fourth-order valence-electron chi connectivity index (χ4n) is 1.59. The van der Waals surface area contributed by atoms with E-state index in [2.05, 4.69) is 4.98 Å². The Kier molecular flexibility index (Phi) is 3.41. The van der Waals surface area contributed by atoms with Gasteiger partial charge in [-0.15, -0.1) is 0 Å². The molecule has 4 nitrogen and oxygen atoms in total. The van der Waals surface area contributed by atoms with Crippen LogP contribution in [0.2, 0.25) is 5.02 Å². The zero-order valence-corrected chi connectivity index (χ0v) is 11.0. The minimum atomic E-state index is -3.44. The van der Waals surface area contributed by atoms with E-state index in [0.29, 0.717) is 10.6 Å². The Morgan fingerprint density at radius 1 is 1.44 bits per heavy atom. The first-order valence-electron chi connectivity index (χ1n) is 5.03. The quantitative estimate of drug-likeness (QED) is 0.869. The zero-order valence-electron chi connectivity index (χ0n) is 9.47. The van der Waals surface area contributed by atoms with Crippen LogP contribution >= 0.6 is 11.6 Å². The van der Waals surface area contributed by atoms with Crippen molar-refractivity contribution in [3.8, 4) is 0 Å². The third-order valence-corrected chi connectivity index (χ3v) is 3.60. The highest BCUT2D eigenvalue weighted by atomic mass is 35.5. The topological polar surface area (TPSA) is 52.0 Å². The van der Waals surface area contributed by atoms with Gasteiger partial charge in [-0.3, -0.25) is 0 Å². The maximum Gasteiger partial charge on any atom is 0.227 e. The van der Waals surface area contributed by atoms with Crippen molar-refractivity contribution < 1.29 is 12.8 Å². The van der Waals surface area contributed by atoms with Crippen LogP contribution in [-0.4, -0.2) is 24.2 Å². The van der Waals surface area contributed by atoms with Crippen molar-refractivity contribution in [2.45, 2.75) is 11.7 Å². The van der Waals surface area contributed by atoms with Crippen molar-refractivity contribution in [2.24, 2.45) is 0 Å². The number of rotatable bonds is 3. The number of nitrogens with zero attached hydrogens (tertiary/aromatic N) is 2.